The van der Waals surface area contributed by atoms with Gasteiger partial charge in [-0.05, 0) is 64.3 Å². The first kappa shape index (κ1) is 27.7. The van der Waals surface area contributed by atoms with E-state index in [0.717, 1.165) is 11.1 Å². The average molecular weight is 622 g/mol. The lowest BCUT2D eigenvalue weighted by Crippen LogP contribution is -2.24. The highest BCUT2D eigenvalue weighted by Gasteiger charge is 2.18. The Morgan fingerprint density at radius 1 is 1.11 bits per heavy atom. The molecule has 1 aliphatic heterocycles. The number of nitrogens with zero attached hydrogens (tertiary/aromatic N) is 1. The molecular weight excluding hydrogens is 596 g/mol. The summed E-state index contributed by atoms with van der Waals surface area (Å²) < 4.78 is 18.6. The van der Waals surface area contributed by atoms with Gasteiger partial charge in [0.25, 0.3) is 5.91 Å². The summed E-state index contributed by atoms with van der Waals surface area (Å²) in [5, 5.41) is 4.69. The van der Waals surface area contributed by atoms with E-state index in [0.29, 0.717) is 44.5 Å². The van der Waals surface area contributed by atoms with Crippen molar-refractivity contribution < 1.29 is 19.0 Å². The zero-order chi connectivity index (χ0) is 26.0. The van der Waals surface area contributed by atoms with Gasteiger partial charge < -0.3 is 14.2 Å². The molecule has 6 nitrogen and oxygen atoms in total. The van der Waals surface area contributed by atoms with Gasteiger partial charge in [0.05, 0.1) is 21.9 Å². The smallest absolute Gasteiger partial charge is 0.277 e. The summed E-state index contributed by atoms with van der Waals surface area (Å²) in [5.74, 6) is 3.77. The van der Waals surface area contributed by atoms with Crippen LogP contribution >= 0.6 is 51.1 Å². The van der Waals surface area contributed by atoms with E-state index < -0.39 is 0 Å². The summed E-state index contributed by atoms with van der Waals surface area (Å²) in [4.78, 5) is 12.2. The standard InChI is InChI=1S/C27H26BrClN2O4S2/c1-2-33-24-14-18(13-22(28)26(24)35-16-20-5-3-4-6-23(20)29)15-30-31-25(32)17-34-21-9-7-19(8-10-21)27-36-11-12-37-27/h3-10,13-15,27H,2,11-12,16-17H2,1H3,(H,31,32)/b30-15-. The highest BCUT2D eigenvalue weighted by Crippen LogP contribution is 2.45. The number of amides is 1. The van der Waals surface area contributed by atoms with Crippen molar-refractivity contribution >= 4 is 63.2 Å². The van der Waals surface area contributed by atoms with Crippen LogP contribution in [-0.2, 0) is 11.4 Å². The summed E-state index contributed by atoms with van der Waals surface area (Å²) in [6.07, 6.45) is 1.54. The summed E-state index contributed by atoms with van der Waals surface area (Å²) in [7, 11) is 0. The van der Waals surface area contributed by atoms with E-state index in [1.54, 1.807) is 6.07 Å². The lowest BCUT2D eigenvalue weighted by molar-refractivity contribution is -0.123. The van der Waals surface area contributed by atoms with Gasteiger partial charge in [-0.1, -0.05) is 41.9 Å². The number of hydrogen-bond acceptors (Lipinski definition) is 7. The van der Waals surface area contributed by atoms with Gasteiger partial charge in [0, 0.05) is 22.1 Å². The van der Waals surface area contributed by atoms with Gasteiger partial charge in [0.15, 0.2) is 18.1 Å². The fraction of sp³-hybridized carbons (Fsp3) is 0.259. The largest absolute Gasteiger partial charge is 0.490 e. The number of halogens is 2. The minimum Gasteiger partial charge on any atom is -0.490 e. The fourth-order valence-corrected chi connectivity index (χ4v) is 7.09. The van der Waals surface area contributed by atoms with E-state index >= 15 is 0 Å². The van der Waals surface area contributed by atoms with Crippen molar-refractivity contribution in [3.05, 3.63) is 86.8 Å². The topological polar surface area (TPSA) is 69.2 Å². The van der Waals surface area contributed by atoms with Crippen molar-refractivity contribution in [1.82, 2.24) is 5.43 Å². The molecule has 194 valence electrons. The van der Waals surface area contributed by atoms with Crippen LogP contribution in [0.1, 0.15) is 28.2 Å². The Morgan fingerprint density at radius 3 is 2.59 bits per heavy atom. The molecule has 0 radical (unpaired) electrons. The third kappa shape index (κ3) is 8.07. The third-order valence-electron chi connectivity index (χ3n) is 5.21. The monoisotopic (exact) mass is 620 g/mol. The zero-order valence-electron chi connectivity index (χ0n) is 20.1. The van der Waals surface area contributed by atoms with Crippen molar-refractivity contribution in [2.45, 2.75) is 18.1 Å². The number of hydrazone groups is 1. The molecule has 0 atom stereocenters. The summed E-state index contributed by atoms with van der Waals surface area (Å²) in [6.45, 7) is 2.52. The molecule has 1 saturated heterocycles. The molecule has 1 N–H and O–H groups in total. The van der Waals surface area contributed by atoms with Crippen LogP contribution in [0.5, 0.6) is 17.2 Å². The van der Waals surface area contributed by atoms with Crippen LogP contribution in [0.3, 0.4) is 0 Å². The average Bonchev–Trinajstić information content (AvgIpc) is 3.44. The molecule has 37 heavy (non-hydrogen) atoms. The predicted molar refractivity (Wildman–Crippen MR) is 156 cm³/mol. The van der Waals surface area contributed by atoms with Crippen molar-refractivity contribution in [2.75, 3.05) is 24.7 Å². The number of ether oxygens (including phenoxy) is 3. The zero-order valence-corrected chi connectivity index (χ0v) is 24.1. The molecule has 3 aromatic carbocycles. The number of carbonyl (C=O) groups is 1. The van der Waals surface area contributed by atoms with Gasteiger partial charge in [-0.3, -0.25) is 4.79 Å². The molecule has 0 aliphatic carbocycles. The minimum absolute atomic E-state index is 0.133. The van der Waals surface area contributed by atoms with Crippen LogP contribution in [0.25, 0.3) is 0 Å². The van der Waals surface area contributed by atoms with E-state index in [4.69, 9.17) is 25.8 Å². The van der Waals surface area contributed by atoms with E-state index in [1.165, 1.54) is 23.3 Å². The van der Waals surface area contributed by atoms with Crippen LogP contribution in [0.2, 0.25) is 5.02 Å². The second-order valence-corrected chi connectivity index (χ2v) is 11.9. The molecule has 3 aromatic rings. The molecule has 0 aromatic heterocycles. The van der Waals surface area contributed by atoms with Crippen molar-refractivity contribution in [1.29, 1.82) is 0 Å². The van der Waals surface area contributed by atoms with Crippen LogP contribution in [-0.4, -0.2) is 36.8 Å². The number of carbonyl (C=O) groups excluding carboxylic acids is 1. The number of thioether (sulfide) groups is 2. The molecule has 4 rings (SSSR count). The van der Waals surface area contributed by atoms with Crippen LogP contribution < -0.4 is 19.6 Å². The second-order valence-electron chi connectivity index (χ2n) is 7.87. The molecule has 0 bridgehead atoms. The van der Waals surface area contributed by atoms with Crippen molar-refractivity contribution in [3.8, 4) is 17.2 Å². The molecule has 0 unspecified atom stereocenters. The molecule has 1 amide bonds. The molecule has 1 heterocycles. The Balaban J connectivity index is 1.31. The van der Waals surface area contributed by atoms with Crippen LogP contribution in [0.4, 0.5) is 0 Å². The summed E-state index contributed by atoms with van der Waals surface area (Å²) >= 11 is 13.7. The predicted octanol–water partition coefficient (Wildman–Crippen LogP) is 7.09. The van der Waals surface area contributed by atoms with E-state index in [9.17, 15) is 4.79 Å². The van der Waals surface area contributed by atoms with Crippen LogP contribution in [0, 0.1) is 0 Å². The Kier molecular flexibility index (Phi) is 10.5. The summed E-state index contributed by atoms with van der Waals surface area (Å²) in [5.41, 5.74) is 5.36. The maximum Gasteiger partial charge on any atom is 0.277 e. The maximum atomic E-state index is 12.2. The Bertz CT molecular complexity index is 1240. The third-order valence-corrected chi connectivity index (χ3v) is 9.27. The number of rotatable bonds is 11. The highest BCUT2D eigenvalue weighted by molar-refractivity contribution is 9.10. The van der Waals surface area contributed by atoms with Gasteiger partial charge in [-0.2, -0.15) is 5.10 Å². The first-order valence-electron chi connectivity index (χ1n) is 11.6. The molecular formula is C27H26BrClN2O4S2. The first-order chi connectivity index (χ1) is 18.0. The number of benzene rings is 3. The van der Waals surface area contributed by atoms with Gasteiger partial charge in [-0.25, -0.2) is 5.43 Å². The molecule has 1 aliphatic rings. The lowest BCUT2D eigenvalue weighted by atomic mass is 10.2. The SMILES string of the molecule is CCOc1cc(/C=N\NC(=O)COc2ccc(C3SCCS3)cc2)cc(Br)c1OCc1ccccc1Cl. The van der Waals surface area contributed by atoms with E-state index in [1.807, 2.05) is 72.9 Å². The molecule has 10 heteroatoms. The Labute approximate surface area is 238 Å². The summed E-state index contributed by atoms with van der Waals surface area (Å²) in [6, 6.07) is 19.0. The number of hydrogen-bond donors (Lipinski definition) is 1. The number of nitrogens with one attached hydrogen (secondary N) is 1. The minimum atomic E-state index is -0.356. The van der Waals surface area contributed by atoms with E-state index in [2.05, 4.69) is 38.6 Å². The van der Waals surface area contributed by atoms with Crippen LogP contribution in [0.15, 0.2) is 70.2 Å². The molecule has 0 spiro atoms. The van der Waals surface area contributed by atoms with Gasteiger partial charge in [0.2, 0.25) is 0 Å². The Morgan fingerprint density at radius 2 is 1.86 bits per heavy atom. The van der Waals surface area contributed by atoms with Crippen molar-refractivity contribution in [3.63, 3.8) is 0 Å². The van der Waals surface area contributed by atoms with Gasteiger partial charge >= 0.3 is 0 Å². The molecule has 0 saturated carbocycles. The second kappa shape index (κ2) is 14.0. The maximum absolute atomic E-state index is 12.2. The lowest BCUT2D eigenvalue weighted by Gasteiger charge is -2.15. The normalized spacial score (nSPS) is 13.6. The quantitative estimate of drug-likeness (QED) is 0.182. The van der Waals surface area contributed by atoms with E-state index in [-0.39, 0.29) is 12.5 Å². The molecule has 1 fully saturated rings. The Hall–Kier alpha value is -2.33. The van der Waals surface area contributed by atoms with Gasteiger partial charge in [0.1, 0.15) is 12.4 Å². The van der Waals surface area contributed by atoms with Crippen molar-refractivity contribution in [2.24, 2.45) is 5.10 Å². The first-order valence-corrected chi connectivity index (χ1v) is 14.9. The fourth-order valence-electron chi connectivity index (χ4n) is 3.46. The van der Waals surface area contributed by atoms with Gasteiger partial charge in [-0.15, -0.1) is 23.5 Å². The highest BCUT2D eigenvalue weighted by atomic mass is 79.9.